The van der Waals surface area contributed by atoms with Crippen LogP contribution in [-0.4, -0.2) is 37.2 Å². The molecule has 1 unspecified atom stereocenters. The van der Waals surface area contributed by atoms with Gasteiger partial charge in [-0.15, -0.1) is 0 Å². The highest BCUT2D eigenvalue weighted by Gasteiger charge is 2.19. The fraction of sp³-hybridized carbons (Fsp3) is 0.814. The molecule has 0 aliphatic heterocycles. The minimum atomic E-state index is -0.783. The molecular weight excluding hydrogens is 937 g/mol. The molecule has 0 aromatic heterocycles. The molecule has 0 saturated carbocycles. The summed E-state index contributed by atoms with van der Waals surface area (Å²) < 4.78 is 16.9. The van der Waals surface area contributed by atoms with E-state index in [0.29, 0.717) is 19.3 Å². The molecule has 0 aromatic rings. The summed E-state index contributed by atoms with van der Waals surface area (Å²) in [6.45, 7) is 6.58. The molecule has 0 saturated heterocycles. The number of esters is 3. The highest BCUT2D eigenvalue weighted by atomic mass is 16.6. The maximum Gasteiger partial charge on any atom is 0.306 e. The summed E-state index contributed by atoms with van der Waals surface area (Å²) in [6, 6.07) is 0. The van der Waals surface area contributed by atoms with Crippen LogP contribution in [0.1, 0.15) is 348 Å². The van der Waals surface area contributed by atoms with E-state index in [1.165, 1.54) is 205 Å². The molecule has 0 aromatic carbocycles. The summed E-state index contributed by atoms with van der Waals surface area (Å²) >= 11 is 0. The molecule has 0 N–H and O–H groups in total. The molecule has 0 bridgehead atoms. The first-order valence-electron chi connectivity index (χ1n) is 33.3. The van der Waals surface area contributed by atoms with Crippen molar-refractivity contribution >= 4 is 17.9 Å². The molecule has 0 spiro atoms. The Bertz CT molecular complexity index is 1360. The summed E-state index contributed by atoms with van der Waals surface area (Å²) in [7, 11) is 0. The maximum atomic E-state index is 12.9. The van der Waals surface area contributed by atoms with Crippen molar-refractivity contribution in [3.63, 3.8) is 0 Å². The van der Waals surface area contributed by atoms with Crippen LogP contribution in [0.5, 0.6) is 0 Å². The number of rotatable bonds is 61. The standard InChI is InChI=1S/C70H126O6/c1-4-7-10-13-16-19-22-25-27-28-29-30-31-32-33-34-35-36-37-38-39-40-41-42-43-46-48-51-54-57-60-63-69(72)75-66-67(65-74-68(71)62-59-56-53-50-47-44-24-21-18-15-12-9-6-3)76-70(73)64-61-58-55-52-49-45-26-23-20-17-14-11-8-5-2/h12,15,21-26,28-29,67H,4-11,13-14,16-20,27,30-66H2,1-3H3/b15-12-,24-21-,25-22-,26-23-,29-28-. The average molecular weight is 1060 g/mol. The van der Waals surface area contributed by atoms with Gasteiger partial charge in [0, 0.05) is 19.3 Å². The van der Waals surface area contributed by atoms with Crippen LogP contribution in [0, 0.1) is 0 Å². The summed E-state index contributed by atoms with van der Waals surface area (Å²) in [5, 5.41) is 0. The van der Waals surface area contributed by atoms with Gasteiger partial charge in [0.1, 0.15) is 13.2 Å². The molecule has 0 heterocycles. The maximum absolute atomic E-state index is 12.9. The van der Waals surface area contributed by atoms with Gasteiger partial charge >= 0.3 is 17.9 Å². The van der Waals surface area contributed by atoms with E-state index in [2.05, 4.69) is 81.5 Å². The number of hydrogen-bond acceptors (Lipinski definition) is 6. The molecule has 6 heteroatoms. The number of allylic oxidation sites excluding steroid dienone is 10. The van der Waals surface area contributed by atoms with E-state index in [1.807, 2.05) is 0 Å². The summed E-state index contributed by atoms with van der Waals surface area (Å²) in [5.41, 5.74) is 0. The Balaban J connectivity index is 4.13. The lowest BCUT2D eigenvalue weighted by atomic mass is 10.0. The Morgan fingerprint density at radius 1 is 0.263 bits per heavy atom. The summed E-state index contributed by atoms with van der Waals surface area (Å²) in [4.78, 5) is 38.2. The van der Waals surface area contributed by atoms with E-state index in [1.54, 1.807) is 0 Å². The normalized spacial score (nSPS) is 12.4. The molecular formula is C70H126O6. The second-order valence-electron chi connectivity index (χ2n) is 22.4. The Kier molecular flexibility index (Phi) is 62.2. The van der Waals surface area contributed by atoms with Gasteiger partial charge < -0.3 is 14.2 Å². The molecule has 0 rings (SSSR count). The zero-order chi connectivity index (χ0) is 55.0. The van der Waals surface area contributed by atoms with Gasteiger partial charge in [-0.25, -0.2) is 0 Å². The minimum Gasteiger partial charge on any atom is -0.462 e. The zero-order valence-corrected chi connectivity index (χ0v) is 50.8. The monoisotopic (exact) mass is 1060 g/mol. The largest absolute Gasteiger partial charge is 0.462 e. The van der Waals surface area contributed by atoms with Gasteiger partial charge in [0.15, 0.2) is 6.10 Å². The molecule has 442 valence electrons. The average Bonchev–Trinajstić information content (AvgIpc) is 3.42. The van der Waals surface area contributed by atoms with Gasteiger partial charge in [0.2, 0.25) is 0 Å². The third kappa shape index (κ3) is 62.0. The van der Waals surface area contributed by atoms with E-state index >= 15 is 0 Å². The van der Waals surface area contributed by atoms with Crippen molar-refractivity contribution in [2.24, 2.45) is 0 Å². The SMILES string of the molecule is CCC/C=C\C/C=C\CCCCCCCC(=O)OCC(COC(=O)CCCCCCCCCCCCCCCCCCCCC/C=C\C/C=C\CCCCCCC)OC(=O)CCCCCCC/C=C\CCCCCCC. The van der Waals surface area contributed by atoms with Gasteiger partial charge in [-0.05, 0) is 103 Å². The summed E-state index contributed by atoms with van der Waals surface area (Å²) in [6.07, 6.45) is 82.5. The minimum absolute atomic E-state index is 0.0790. The van der Waals surface area contributed by atoms with Gasteiger partial charge in [0.25, 0.3) is 0 Å². The predicted octanol–water partition coefficient (Wildman–Crippen LogP) is 22.7. The van der Waals surface area contributed by atoms with Gasteiger partial charge in [-0.2, -0.15) is 0 Å². The van der Waals surface area contributed by atoms with E-state index in [-0.39, 0.29) is 31.1 Å². The lowest BCUT2D eigenvalue weighted by molar-refractivity contribution is -0.167. The van der Waals surface area contributed by atoms with Crippen LogP contribution >= 0.6 is 0 Å². The second kappa shape index (κ2) is 64.6. The van der Waals surface area contributed by atoms with Crippen LogP contribution in [0.3, 0.4) is 0 Å². The molecule has 0 aliphatic carbocycles. The van der Waals surface area contributed by atoms with Gasteiger partial charge in [-0.1, -0.05) is 287 Å². The van der Waals surface area contributed by atoms with E-state index in [0.717, 1.165) is 103 Å². The molecule has 6 nitrogen and oxygen atoms in total. The van der Waals surface area contributed by atoms with Crippen molar-refractivity contribution in [3.8, 4) is 0 Å². The van der Waals surface area contributed by atoms with Crippen molar-refractivity contribution in [1.82, 2.24) is 0 Å². The highest BCUT2D eigenvalue weighted by molar-refractivity contribution is 5.71. The number of ether oxygens (including phenoxy) is 3. The number of carbonyl (C=O) groups is 3. The predicted molar refractivity (Wildman–Crippen MR) is 330 cm³/mol. The molecule has 0 fully saturated rings. The van der Waals surface area contributed by atoms with Crippen molar-refractivity contribution < 1.29 is 28.6 Å². The Hall–Kier alpha value is -2.89. The molecule has 0 radical (unpaired) electrons. The topological polar surface area (TPSA) is 78.9 Å². The van der Waals surface area contributed by atoms with Crippen molar-refractivity contribution in [1.29, 1.82) is 0 Å². The molecule has 76 heavy (non-hydrogen) atoms. The van der Waals surface area contributed by atoms with Gasteiger partial charge in [-0.3, -0.25) is 14.4 Å². The van der Waals surface area contributed by atoms with E-state index in [4.69, 9.17) is 14.2 Å². The molecule has 0 aliphatic rings. The Morgan fingerprint density at radius 2 is 0.500 bits per heavy atom. The van der Waals surface area contributed by atoms with Crippen LogP contribution in [0.2, 0.25) is 0 Å². The second-order valence-corrected chi connectivity index (χ2v) is 22.4. The Labute approximate surface area is 472 Å². The number of unbranched alkanes of at least 4 members (excludes halogenated alkanes) is 40. The van der Waals surface area contributed by atoms with Crippen molar-refractivity contribution in [2.45, 2.75) is 354 Å². The molecule has 0 amide bonds. The van der Waals surface area contributed by atoms with Crippen molar-refractivity contribution in [3.05, 3.63) is 60.8 Å². The van der Waals surface area contributed by atoms with Crippen LogP contribution in [0.25, 0.3) is 0 Å². The van der Waals surface area contributed by atoms with Crippen LogP contribution in [0.15, 0.2) is 60.8 Å². The first-order chi connectivity index (χ1) is 37.5. The molecule has 1 atom stereocenters. The Morgan fingerprint density at radius 3 is 0.789 bits per heavy atom. The fourth-order valence-corrected chi connectivity index (χ4v) is 9.68. The lowest BCUT2D eigenvalue weighted by Gasteiger charge is -2.18. The third-order valence-corrected chi connectivity index (χ3v) is 14.7. The summed E-state index contributed by atoms with van der Waals surface area (Å²) in [5.74, 6) is -0.886. The highest BCUT2D eigenvalue weighted by Crippen LogP contribution is 2.17. The quantitative estimate of drug-likeness (QED) is 0.0261. The van der Waals surface area contributed by atoms with Crippen LogP contribution in [0.4, 0.5) is 0 Å². The number of carbonyl (C=O) groups excluding carboxylic acids is 3. The third-order valence-electron chi connectivity index (χ3n) is 14.7. The number of hydrogen-bond donors (Lipinski definition) is 0. The van der Waals surface area contributed by atoms with Gasteiger partial charge in [0.05, 0.1) is 0 Å². The first kappa shape index (κ1) is 73.1. The fourth-order valence-electron chi connectivity index (χ4n) is 9.68. The smallest absolute Gasteiger partial charge is 0.306 e. The van der Waals surface area contributed by atoms with E-state index < -0.39 is 6.10 Å². The van der Waals surface area contributed by atoms with Crippen LogP contribution < -0.4 is 0 Å². The van der Waals surface area contributed by atoms with Crippen LogP contribution in [-0.2, 0) is 28.6 Å². The lowest BCUT2D eigenvalue weighted by Crippen LogP contribution is -2.30. The zero-order valence-electron chi connectivity index (χ0n) is 50.8. The van der Waals surface area contributed by atoms with Crippen molar-refractivity contribution in [2.75, 3.05) is 13.2 Å². The first-order valence-corrected chi connectivity index (χ1v) is 33.3. The van der Waals surface area contributed by atoms with E-state index in [9.17, 15) is 14.4 Å².